The van der Waals surface area contributed by atoms with Gasteiger partial charge < -0.3 is 19.5 Å². The first-order valence-electron chi connectivity index (χ1n) is 10.1. The van der Waals surface area contributed by atoms with Crippen molar-refractivity contribution < 1.29 is 24.2 Å². The van der Waals surface area contributed by atoms with Gasteiger partial charge in [0.05, 0.1) is 24.7 Å². The first-order chi connectivity index (χ1) is 14.5. The van der Waals surface area contributed by atoms with Crippen LogP contribution in [-0.4, -0.2) is 54.9 Å². The van der Waals surface area contributed by atoms with Crippen molar-refractivity contribution in [3.8, 4) is 0 Å². The molecule has 1 fully saturated rings. The van der Waals surface area contributed by atoms with E-state index in [2.05, 4.69) is 9.89 Å². The van der Waals surface area contributed by atoms with Crippen LogP contribution in [0.1, 0.15) is 32.3 Å². The van der Waals surface area contributed by atoms with Gasteiger partial charge in [0.15, 0.2) is 0 Å². The Bertz CT molecular complexity index is 883. The fourth-order valence-electron chi connectivity index (χ4n) is 3.13. The second-order valence-electron chi connectivity index (χ2n) is 6.81. The van der Waals surface area contributed by atoms with Crippen molar-refractivity contribution in [2.75, 3.05) is 37.8 Å². The summed E-state index contributed by atoms with van der Waals surface area (Å²) in [5.74, 6) is -1.22. The number of amides is 1. The number of carbonyl (C=O) groups is 2. The Morgan fingerprint density at radius 2 is 1.93 bits per heavy atom. The number of anilines is 1. The Kier molecular flexibility index (Phi) is 7.70. The lowest BCUT2D eigenvalue weighted by Crippen LogP contribution is -2.36. The molecule has 1 saturated heterocycles. The fraction of sp³-hybridized carbons (Fsp3) is 0.409. The third kappa shape index (κ3) is 5.31. The number of hydrogen-bond donors (Lipinski definition) is 1. The second kappa shape index (κ2) is 10.4. The lowest BCUT2D eigenvalue weighted by Gasteiger charge is -2.28. The van der Waals surface area contributed by atoms with Crippen LogP contribution in [0.3, 0.4) is 0 Å². The molecule has 0 bridgehead atoms. The van der Waals surface area contributed by atoms with Crippen molar-refractivity contribution in [1.29, 1.82) is 0 Å². The molecular weight excluding hydrogens is 404 g/mol. The van der Waals surface area contributed by atoms with Crippen LogP contribution in [0.2, 0.25) is 0 Å². The highest BCUT2D eigenvalue weighted by atomic mass is 32.2. The molecule has 2 heterocycles. The molecule has 0 radical (unpaired) electrons. The van der Waals surface area contributed by atoms with E-state index in [1.165, 1.54) is 0 Å². The zero-order chi connectivity index (χ0) is 21.5. The van der Waals surface area contributed by atoms with Crippen LogP contribution in [0.5, 0.6) is 0 Å². The fourth-order valence-corrected chi connectivity index (χ4v) is 4.16. The van der Waals surface area contributed by atoms with Gasteiger partial charge in [-0.15, -0.1) is 0 Å². The number of ether oxygens (including phenoxy) is 2. The minimum Gasteiger partial charge on any atom is -0.506 e. The number of thioether (sulfide) groups is 1. The highest BCUT2D eigenvalue weighted by Crippen LogP contribution is 2.39. The first kappa shape index (κ1) is 22.1. The third-order valence-electron chi connectivity index (χ3n) is 4.63. The molecule has 1 N–H and O–H groups in total. The first-order valence-corrected chi connectivity index (χ1v) is 10.9. The lowest BCUT2D eigenvalue weighted by atomic mass is 10.1. The Morgan fingerprint density at radius 1 is 1.23 bits per heavy atom. The molecule has 1 aromatic rings. The molecule has 0 atom stereocenters. The molecule has 0 aliphatic carbocycles. The zero-order valence-electron chi connectivity index (χ0n) is 17.2. The van der Waals surface area contributed by atoms with Crippen LogP contribution >= 0.6 is 11.8 Å². The molecule has 30 heavy (non-hydrogen) atoms. The van der Waals surface area contributed by atoms with Crippen molar-refractivity contribution in [3.63, 3.8) is 0 Å². The maximum absolute atomic E-state index is 12.3. The molecule has 7 nitrogen and oxygen atoms in total. The van der Waals surface area contributed by atoms with Gasteiger partial charge in [0.2, 0.25) is 5.91 Å². The number of aliphatic hydroxyl groups is 1. The maximum Gasteiger partial charge on any atom is 0.344 e. The van der Waals surface area contributed by atoms with Gasteiger partial charge in [-0.05, 0) is 37.1 Å². The number of hydrogen-bond acceptors (Lipinski definition) is 7. The van der Waals surface area contributed by atoms with E-state index in [1.54, 1.807) is 13.0 Å². The number of esters is 1. The number of aliphatic imine (C=N–C) groups is 1. The molecule has 8 heteroatoms. The number of nitrogens with zero attached hydrogens (tertiary/aromatic N) is 2. The number of aliphatic hydroxyl groups excluding tert-OH is 1. The zero-order valence-corrected chi connectivity index (χ0v) is 18.0. The van der Waals surface area contributed by atoms with Crippen LogP contribution < -0.4 is 4.90 Å². The average Bonchev–Trinajstić information content (AvgIpc) is 3.04. The van der Waals surface area contributed by atoms with Crippen molar-refractivity contribution in [1.82, 2.24) is 0 Å². The molecule has 0 aromatic heterocycles. The summed E-state index contributed by atoms with van der Waals surface area (Å²) in [6.45, 7) is 6.88. The van der Waals surface area contributed by atoms with Crippen LogP contribution in [0.4, 0.5) is 5.69 Å². The van der Waals surface area contributed by atoms with Gasteiger partial charge in [0.25, 0.3) is 0 Å². The Morgan fingerprint density at radius 3 is 2.57 bits per heavy atom. The molecule has 0 spiro atoms. The smallest absolute Gasteiger partial charge is 0.344 e. The molecule has 3 rings (SSSR count). The van der Waals surface area contributed by atoms with Gasteiger partial charge >= 0.3 is 5.97 Å². The van der Waals surface area contributed by atoms with Gasteiger partial charge in [-0.3, -0.25) is 4.79 Å². The predicted octanol–water partition coefficient (Wildman–Crippen LogP) is 3.71. The normalized spacial score (nSPS) is 19.6. The quantitative estimate of drug-likeness (QED) is 0.688. The van der Waals surface area contributed by atoms with E-state index in [4.69, 9.17) is 9.47 Å². The highest BCUT2D eigenvalue weighted by molar-refractivity contribution is 8.18. The summed E-state index contributed by atoms with van der Waals surface area (Å²) in [4.78, 5) is 31.1. The molecular formula is C22H26N2O5S. The summed E-state index contributed by atoms with van der Waals surface area (Å²) in [5, 5.41) is 10.8. The van der Waals surface area contributed by atoms with E-state index < -0.39 is 5.97 Å². The van der Waals surface area contributed by atoms with Crippen LogP contribution in [0, 0.1) is 0 Å². The van der Waals surface area contributed by atoms with E-state index in [1.807, 2.05) is 31.2 Å². The molecule has 0 saturated carbocycles. The van der Waals surface area contributed by atoms with Crippen LogP contribution in [0.25, 0.3) is 6.08 Å². The Hall–Kier alpha value is -2.58. The summed E-state index contributed by atoms with van der Waals surface area (Å²) in [6, 6.07) is 7.94. The minimum atomic E-state index is -0.684. The van der Waals surface area contributed by atoms with Crippen LogP contribution in [-0.2, 0) is 19.1 Å². The number of benzene rings is 1. The Labute approximate surface area is 180 Å². The SMILES string of the molecule is CCCC(=O)N=C1S/C(=C\c2ccc(N3CCOCC3)cc2)C(O)=C1C(=O)OCC. The van der Waals surface area contributed by atoms with Crippen molar-refractivity contribution in [2.24, 2.45) is 4.99 Å². The summed E-state index contributed by atoms with van der Waals surface area (Å²) in [7, 11) is 0. The van der Waals surface area contributed by atoms with E-state index in [0.717, 1.165) is 49.3 Å². The molecule has 1 aromatic carbocycles. The summed E-state index contributed by atoms with van der Waals surface area (Å²) < 4.78 is 10.4. The number of morpholine rings is 1. The van der Waals surface area contributed by atoms with Gasteiger partial charge in [0, 0.05) is 25.2 Å². The number of rotatable bonds is 6. The number of carbonyl (C=O) groups excluding carboxylic acids is 2. The molecule has 0 unspecified atom stereocenters. The minimum absolute atomic E-state index is 0.0533. The monoisotopic (exact) mass is 430 g/mol. The Balaban J connectivity index is 1.86. The average molecular weight is 431 g/mol. The van der Waals surface area contributed by atoms with Gasteiger partial charge in [-0.2, -0.15) is 0 Å². The largest absolute Gasteiger partial charge is 0.506 e. The van der Waals surface area contributed by atoms with Crippen molar-refractivity contribution >= 4 is 40.4 Å². The van der Waals surface area contributed by atoms with Crippen molar-refractivity contribution in [3.05, 3.63) is 46.1 Å². The third-order valence-corrected chi connectivity index (χ3v) is 5.65. The molecule has 160 valence electrons. The van der Waals surface area contributed by atoms with Crippen molar-refractivity contribution in [2.45, 2.75) is 26.7 Å². The molecule has 2 aliphatic heterocycles. The van der Waals surface area contributed by atoms with E-state index >= 15 is 0 Å². The predicted molar refractivity (Wildman–Crippen MR) is 119 cm³/mol. The topological polar surface area (TPSA) is 88.4 Å². The lowest BCUT2D eigenvalue weighted by molar-refractivity contribution is -0.138. The van der Waals surface area contributed by atoms with E-state index in [0.29, 0.717) is 11.3 Å². The second-order valence-corrected chi connectivity index (χ2v) is 7.84. The molecule has 1 amide bonds. The van der Waals surface area contributed by atoms with E-state index in [-0.39, 0.29) is 35.3 Å². The van der Waals surface area contributed by atoms with Gasteiger partial charge in [-0.25, -0.2) is 9.79 Å². The summed E-state index contributed by atoms with van der Waals surface area (Å²) in [6.07, 6.45) is 2.71. The highest BCUT2D eigenvalue weighted by Gasteiger charge is 2.33. The van der Waals surface area contributed by atoms with E-state index in [9.17, 15) is 14.7 Å². The van der Waals surface area contributed by atoms with Crippen LogP contribution in [0.15, 0.2) is 45.5 Å². The summed E-state index contributed by atoms with van der Waals surface area (Å²) in [5.41, 5.74) is 1.92. The maximum atomic E-state index is 12.3. The molecule has 2 aliphatic rings. The summed E-state index contributed by atoms with van der Waals surface area (Å²) >= 11 is 1.10. The van der Waals surface area contributed by atoms with Gasteiger partial charge in [0.1, 0.15) is 16.4 Å². The standard InChI is InChI=1S/C22H26N2O5S/c1-3-5-18(25)23-21-19(22(27)29-4-2)20(26)17(30-21)14-15-6-8-16(9-7-15)24-10-12-28-13-11-24/h6-9,14,26H,3-5,10-13H2,1-2H3/b17-14-,23-21?. The van der Waals surface area contributed by atoms with Gasteiger partial charge in [-0.1, -0.05) is 30.8 Å².